The number of aromatic nitrogens is 2. The molecule has 0 atom stereocenters. The maximum absolute atomic E-state index is 12.1. The van der Waals surface area contributed by atoms with Crippen molar-refractivity contribution in [1.29, 1.82) is 0 Å². The molecule has 0 amide bonds. The molecule has 0 aliphatic rings. The number of anilines is 2. The van der Waals surface area contributed by atoms with E-state index in [2.05, 4.69) is 10.3 Å². The van der Waals surface area contributed by atoms with Crippen LogP contribution in [0.15, 0.2) is 59.5 Å². The van der Waals surface area contributed by atoms with Crippen molar-refractivity contribution in [2.45, 2.75) is 13.5 Å². The first-order valence-corrected chi connectivity index (χ1v) is 8.17. The van der Waals surface area contributed by atoms with E-state index >= 15 is 0 Å². The first kappa shape index (κ1) is 17.0. The molecule has 6 heteroatoms. The molecule has 0 spiro atoms. The highest BCUT2D eigenvalue weighted by Gasteiger charge is 2.11. The second kappa shape index (κ2) is 7.40. The second-order valence-corrected chi connectivity index (χ2v) is 6.07. The number of methoxy groups -OCH3 is 1. The molecule has 2 aromatic carbocycles. The molecule has 3 rings (SSSR count). The molecule has 0 saturated carbocycles. The smallest absolute Gasteiger partial charge is 0.316 e. The highest BCUT2D eigenvalue weighted by molar-refractivity contribution is 6.30. The molecule has 0 unspecified atom stereocenters. The number of benzene rings is 2. The van der Waals surface area contributed by atoms with Crippen molar-refractivity contribution in [3.63, 3.8) is 0 Å². The topological polar surface area (TPSA) is 56.1 Å². The van der Waals surface area contributed by atoms with Crippen molar-refractivity contribution in [3.8, 4) is 5.75 Å². The summed E-state index contributed by atoms with van der Waals surface area (Å²) < 4.78 is 6.97. The van der Waals surface area contributed by atoms with Crippen molar-refractivity contribution in [3.05, 3.63) is 81.2 Å². The molecule has 0 aliphatic carbocycles. The largest absolute Gasteiger partial charge is 0.490 e. The number of nitrogens with one attached hydrogen (secondary N) is 1. The van der Waals surface area contributed by atoms with E-state index in [-0.39, 0.29) is 5.75 Å². The number of halogens is 1. The van der Waals surface area contributed by atoms with E-state index in [0.717, 1.165) is 16.8 Å². The molecular weight excluding hydrogens is 338 g/mol. The summed E-state index contributed by atoms with van der Waals surface area (Å²) in [6, 6.07) is 15.5. The van der Waals surface area contributed by atoms with E-state index in [1.807, 2.05) is 54.0 Å². The van der Waals surface area contributed by atoms with E-state index < -0.39 is 5.56 Å². The Morgan fingerprint density at radius 3 is 2.68 bits per heavy atom. The molecule has 3 aromatic rings. The van der Waals surface area contributed by atoms with Gasteiger partial charge < -0.3 is 14.6 Å². The molecule has 0 fully saturated rings. The average Bonchev–Trinajstić information content (AvgIpc) is 2.61. The van der Waals surface area contributed by atoms with Crippen LogP contribution in [0.3, 0.4) is 0 Å². The van der Waals surface area contributed by atoms with Crippen molar-refractivity contribution >= 4 is 23.2 Å². The van der Waals surface area contributed by atoms with Gasteiger partial charge in [-0.3, -0.25) is 4.79 Å². The summed E-state index contributed by atoms with van der Waals surface area (Å²) in [5, 5.41) is 3.82. The average molecular weight is 356 g/mol. The lowest BCUT2D eigenvalue weighted by atomic mass is 10.2. The molecule has 0 radical (unpaired) electrons. The lowest BCUT2D eigenvalue weighted by molar-refractivity contribution is 0.402. The first-order valence-electron chi connectivity index (χ1n) is 7.79. The summed E-state index contributed by atoms with van der Waals surface area (Å²) in [6.45, 7) is 2.51. The normalized spacial score (nSPS) is 10.5. The van der Waals surface area contributed by atoms with Crippen LogP contribution in [0.1, 0.15) is 11.1 Å². The third-order valence-corrected chi connectivity index (χ3v) is 4.06. The van der Waals surface area contributed by atoms with Gasteiger partial charge in [-0.15, -0.1) is 0 Å². The minimum Gasteiger partial charge on any atom is -0.490 e. The molecule has 25 heavy (non-hydrogen) atoms. The van der Waals surface area contributed by atoms with Crippen LogP contribution in [0.5, 0.6) is 5.75 Å². The maximum Gasteiger partial charge on any atom is 0.316 e. The van der Waals surface area contributed by atoms with Crippen LogP contribution in [0.4, 0.5) is 11.6 Å². The van der Waals surface area contributed by atoms with E-state index in [9.17, 15) is 4.79 Å². The lowest BCUT2D eigenvalue weighted by Crippen LogP contribution is -2.19. The Hall–Kier alpha value is -2.79. The van der Waals surface area contributed by atoms with Crippen LogP contribution >= 0.6 is 11.6 Å². The molecule has 0 bridgehead atoms. The predicted octanol–water partition coefficient (Wildman–Crippen LogP) is 4.01. The summed E-state index contributed by atoms with van der Waals surface area (Å²) in [6.07, 6.45) is 1.66. The molecule has 128 valence electrons. The minimum atomic E-state index is -0.422. The van der Waals surface area contributed by atoms with Crippen LogP contribution < -0.4 is 15.6 Å². The molecule has 0 aliphatic heterocycles. The van der Waals surface area contributed by atoms with Crippen molar-refractivity contribution in [2.24, 2.45) is 0 Å². The zero-order valence-electron chi connectivity index (χ0n) is 14.0. The number of rotatable bonds is 5. The number of aryl methyl sites for hydroxylation is 1. The Bertz CT molecular complexity index is 939. The van der Waals surface area contributed by atoms with Crippen LogP contribution in [0.25, 0.3) is 0 Å². The standard InChI is InChI=1S/C19H18ClN3O2/c1-13-8-9-15(20)10-16(13)21-19-22-18(24)17(25-2)12-23(19)11-14-6-4-3-5-7-14/h3-10,12H,11H2,1-2H3,(H,21,22,24). The SMILES string of the molecule is COc1cn(Cc2ccccc2)c(Nc2cc(Cl)ccc2C)nc1=O. The minimum absolute atomic E-state index is 0.198. The molecule has 1 N–H and O–H groups in total. The highest BCUT2D eigenvalue weighted by atomic mass is 35.5. The van der Waals surface area contributed by atoms with Crippen molar-refractivity contribution < 1.29 is 4.74 Å². The van der Waals surface area contributed by atoms with Gasteiger partial charge in [0.15, 0.2) is 0 Å². The third kappa shape index (κ3) is 4.00. The van der Waals surface area contributed by atoms with Crippen LogP contribution in [0.2, 0.25) is 5.02 Å². The van der Waals surface area contributed by atoms with Gasteiger partial charge in [0.1, 0.15) is 0 Å². The Balaban J connectivity index is 2.03. The quantitative estimate of drug-likeness (QED) is 0.751. The highest BCUT2D eigenvalue weighted by Crippen LogP contribution is 2.24. The van der Waals surface area contributed by atoms with Crippen molar-refractivity contribution in [2.75, 3.05) is 12.4 Å². The van der Waals surface area contributed by atoms with Gasteiger partial charge in [-0.05, 0) is 30.2 Å². The summed E-state index contributed by atoms with van der Waals surface area (Å²) in [4.78, 5) is 16.2. The van der Waals surface area contributed by atoms with Crippen LogP contribution in [-0.2, 0) is 6.54 Å². The molecule has 5 nitrogen and oxygen atoms in total. The van der Waals surface area contributed by atoms with Gasteiger partial charge >= 0.3 is 5.56 Å². The second-order valence-electron chi connectivity index (χ2n) is 5.64. The number of hydrogen-bond donors (Lipinski definition) is 1. The predicted molar refractivity (Wildman–Crippen MR) is 100 cm³/mol. The van der Waals surface area contributed by atoms with E-state index in [1.54, 1.807) is 12.3 Å². The Kier molecular flexibility index (Phi) is 5.05. The summed E-state index contributed by atoms with van der Waals surface area (Å²) in [5.41, 5.74) is 2.46. The van der Waals surface area contributed by atoms with Crippen molar-refractivity contribution in [1.82, 2.24) is 9.55 Å². The monoisotopic (exact) mass is 355 g/mol. The molecule has 1 aromatic heterocycles. The zero-order valence-corrected chi connectivity index (χ0v) is 14.7. The Morgan fingerprint density at radius 2 is 1.96 bits per heavy atom. The summed E-state index contributed by atoms with van der Waals surface area (Å²) in [7, 11) is 1.46. The fourth-order valence-corrected chi connectivity index (χ4v) is 2.64. The molecular formula is C19H18ClN3O2. The summed E-state index contributed by atoms with van der Waals surface area (Å²) >= 11 is 6.08. The van der Waals surface area contributed by atoms with Gasteiger partial charge in [0.2, 0.25) is 11.7 Å². The number of nitrogens with zero attached hydrogens (tertiary/aromatic N) is 2. The van der Waals surface area contributed by atoms with E-state index in [4.69, 9.17) is 16.3 Å². The van der Waals surface area contributed by atoms with Gasteiger partial charge in [0, 0.05) is 10.7 Å². The van der Waals surface area contributed by atoms with Gasteiger partial charge in [0.25, 0.3) is 0 Å². The Morgan fingerprint density at radius 1 is 1.20 bits per heavy atom. The van der Waals surface area contributed by atoms with Crippen LogP contribution in [-0.4, -0.2) is 16.7 Å². The fraction of sp³-hybridized carbons (Fsp3) is 0.158. The van der Waals surface area contributed by atoms with Gasteiger partial charge in [-0.25, -0.2) is 0 Å². The number of ether oxygens (including phenoxy) is 1. The molecule has 0 saturated heterocycles. The van der Waals surface area contributed by atoms with E-state index in [0.29, 0.717) is 17.5 Å². The zero-order chi connectivity index (χ0) is 17.8. The Labute approximate surface area is 150 Å². The first-order chi connectivity index (χ1) is 12.1. The van der Waals surface area contributed by atoms with Gasteiger partial charge in [-0.1, -0.05) is 48.0 Å². The maximum atomic E-state index is 12.1. The fourth-order valence-electron chi connectivity index (χ4n) is 2.46. The molecule has 1 heterocycles. The van der Waals surface area contributed by atoms with Gasteiger partial charge in [0.05, 0.1) is 19.9 Å². The lowest BCUT2D eigenvalue weighted by Gasteiger charge is -2.16. The van der Waals surface area contributed by atoms with E-state index in [1.165, 1.54) is 7.11 Å². The number of hydrogen-bond acceptors (Lipinski definition) is 4. The van der Waals surface area contributed by atoms with Gasteiger partial charge in [-0.2, -0.15) is 4.98 Å². The van der Waals surface area contributed by atoms with Crippen LogP contribution in [0, 0.1) is 6.92 Å². The third-order valence-electron chi connectivity index (χ3n) is 3.83. The summed E-state index contributed by atoms with van der Waals surface area (Å²) in [5.74, 6) is 0.629.